The Bertz CT molecular complexity index is 398. The van der Waals surface area contributed by atoms with E-state index in [9.17, 15) is 9.59 Å². The van der Waals surface area contributed by atoms with Crippen LogP contribution in [0.2, 0.25) is 0 Å². The van der Waals surface area contributed by atoms with Gasteiger partial charge in [-0.05, 0) is 12.8 Å². The summed E-state index contributed by atoms with van der Waals surface area (Å²) in [5, 5.41) is 11.9. The first-order chi connectivity index (χ1) is 9.48. The van der Waals surface area contributed by atoms with E-state index in [4.69, 9.17) is 16.3 Å². The number of carboxylic acids is 1. The highest BCUT2D eigenvalue weighted by Gasteiger charge is 2.32. The SMILES string of the molecule is C#CC(CC)(CC)NC(=O)CN1CCOCC1C(=O)O. The van der Waals surface area contributed by atoms with Crippen LogP contribution in [0.5, 0.6) is 0 Å². The van der Waals surface area contributed by atoms with Gasteiger partial charge in [0.25, 0.3) is 0 Å². The van der Waals surface area contributed by atoms with E-state index in [0.29, 0.717) is 26.0 Å². The number of carbonyl (C=O) groups excluding carboxylic acids is 1. The second-order valence-electron chi connectivity index (χ2n) is 4.88. The van der Waals surface area contributed by atoms with E-state index >= 15 is 0 Å². The first-order valence-corrected chi connectivity index (χ1v) is 6.81. The van der Waals surface area contributed by atoms with Crippen molar-refractivity contribution < 1.29 is 19.4 Å². The molecule has 1 fully saturated rings. The Hall–Kier alpha value is -1.58. The minimum absolute atomic E-state index is 0.0176. The number of rotatable bonds is 6. The minimum Gasteiger partial charge on any atom is -0.480 e. The Labute approximate surface area is 119 Å². The number of morpholine rings is 1. The predicted octanol–water partition coefficient (Wildman–Crippen LogP) is 0.0800. The van der Waals surface area contributed by atoms with Gasteiger partial charge in [-0.2, -0.15) is 0 Å². The maximum Gasteiger partial charge on any atom is 0.323 e. The summed E-state index contributed by atoms with van der Waals surface area (Å²) in [4.78, 5) is 24.8. The van der Waals surface area contributed by atoms with Gasteiger partial charge >= 0.3 is 5.97 Å². The summed E-state index contributed by atoms with van der Waals surface area (Å²) in [6.07, 6.45) is 6.77. The van der Waals surface area contributed by atoms with Crippen molar-refractivity contribution in [3.05, 3.63) is 0 Å². The summed E-state index contributed by atoms with van der Waals surface area (Å²) >= 11 is 0. The molecule has 0 aliphatic carbocycles. The number of amides is 1. The second-order valence-corrected chi connectivity index (χ2v) is 4.88. The fraction of sp³-hybridized carbons (Fsp3) is 0.714. The molecule has 1 amide bonds. The third-order valence-electron chi connectivity index (χ3n) is 3.73. The lowest BCUT2D eigenvalue weighted by atomic mass is 9.94. The summed E-state index contributed by atoms with van der Waals surface area (Å²) in [5.41, 5.74) is -0.651. The molecule has 6 heteroatoms. The fourth-order valence-corrected chi connectivity index (χ4v) is 2.21. The lowest BCUT2D eigenvalue weighted by Crippen LogP contribution is -2.56. The van der Waals surface area contributed by atoms with E-state index in [1.165, 1.54) is 0 Å². The third-order valence-corrected chi connectivity index (χ3v) is 3.73. The van der Waals surface area contributed by atoms with Crippen molar-refractivity contribution in [2.24, 2.45) is 0 Å². The van der Waals surface area contributed by atoms with Crippen LogP contribution in [-0.2, 0) is 14.3 Å². The molecule has 0 aromatic carbocycles. The molecular weight excluding hydrogens is 260 g/mol. The molecule has 1 rings (SSSR count). The van der Waals surface area contributed by atoms with Gasteiger partial charge in [0.05, 0.1) is 19.8 Å². The van der Waals surface area contributed by atoms with Crippen LogP contribution >= 0.6 is 0 Å². The van der Waals surface area contributed by atoms with Gasteiger partial charge in [-0.25, -0.2) is 0 Å². The summed E-state index contributed by atoms with van der Waals surface area (Å²) in [6.45, 7) is 4.80. The quantitative estimate of drug-likeness (QED) is 0.675. The predicted molar refractivity (Wildman–Crippen MR) is 74.1 cm³/mol. The van der Waals surface area contributed by atoms with Gasteiger partial charge in [-0.3, -0.25) is 14.5 Å². The van der Waals surface area contributed by atoms with Crippen LogP contribution in [0.3, 0.4) is 0 Å². The number of hydrogen-bond donors (Lipinski definition) is 2. The highest BCUT2D eigenvalue weighted by Crippen LogP contribution is 2.14. The van der Waals surface area contributed by atoms with Crippen molar-refractivity contribution >= 4 is 11.9 Å². The Morgan fingerprint density at radius 3 is 2.65 bits per heavy atom. The van der Waals surface area contributed by atoms with Gasteiger partial charge in [0.15, 0.2) is 0 Å². The first kappa shape index (κ1) is 16.5. The number of ether oxygens (including phenoxy) is 1. The van der Waals surface area contributed by atoms with Crippen molar-refractivity contribution in [1.82, 2.24) is 10.2 Å². The molecule has 1 saturated heterocycles. The molecule has 1 aliphatic rings. The van der Waals surface area contributed by atoms with Crippen molar-refractivity contribution in [1.29, 1.82) is 0 Å². The number of nitrogens with zero attached hydrogens (tertiary/aromatic N) is 1. The molecule has 1 unspecified atom stereocenters. The molecule has 1 atom stereocenters. The topological polar surface area (TPSA) is 78.9 Å². The van der Waals surface area contributed by atoms with Crippen molar-refractivity contribution in [2.75, 3.05) is 26.3 Å². The Morgan fingerprint density at radius 1 is 1.50 bits per heavy atom. The van der Waals surface area contributed by atoms with Gasteiger partial charge in [-0.1, -0.05) is 19.8 Å². The number of carbonyl (C=O) groups is 2. The van der Waals surface area contributed by atoms with E-state index in [0.717, 1.165) is 0 Å². The summed E-state index contributed by atoms with van der Waals surface area (Å²) < 4.78 is 5.13. The van der Waals surface area contributed by atoms with E-state index < -0.39 is 17.6 Å². The largest absolute Gasteiger partial charge is 0.480 e. The van der Waals surface area contributed by atoms with Crippen molar-refractivity contribution in [3.8, 4) is 12.3 Å². The lowest BCUT2D eigenvalue weighted by molar-refractivity contribution is -0.150. The smallest absolute Gasteiger partial charge is 0.323 e. The zero-order chi connectivity index (χ0) is 15.2. The van der Waals surface area contributed by atoms with Crippen LogP contribution in [0, 0.1) is 12.3 Å². The van der Waals surface area contributed by atoms with E-state index in [1.54, 1.807) is 4.90 Å². The standard InChI is InChI=1S/C14H22N2O4/c1-4-14(5-2,6-3)15-12(17)9-16-7-8-20-10-11(16)13(18)19/h1,11H,5-10H2,2-3H3,(H,15,17)(H,18,19). The number of carboxylic acid groups (broad SMARTS) is 1. The number of hydrogen-bond acceptors (Lipinski definition) is 4. The fourth-order valence-electron chi connectivity index (χ4n) is 2.21. The van der Waals surface area contributed by atoms with Gasteiger partial charge in [0, 0.05) is 6.54 Å². The van der Waals surface area contributed by atoms with Gasteiger partial charge in [0.2, 0.25) is 5.91 Å². The molecule has 6 nitrogen and oxygen atoms in total. The highest BCUT2D eigenvalue weighted by atomic mass is 16.5. The maximum absolute atomic E-state index is 12.1. The first-order valence-electron chi connectivity index (χ1n) is 6.81. The number of nitrogens with one attached hydrogen (secondary N) is 1. The molecule has 1 aliphatic heterocycles. The average Bonchev–Trinajstić information content (AvgIpc) is 2.45. The molecule has 1 heterocycles. The molecule has 112 valence electrons. The summed E-state index contributed by atoms with van der Waals surface area (Å²) in [5.74, 6) is 1.40. The zero-order valence-electron chi connectivity index (χ0n) is 12.0. The molecule has 2 N–H and O–H groups in total. The number of terminal acetylenes is 1. The van der Waals surface area contributed by atoms with E-state index in [2.05, 4.69) is 11.2 Å². The van der Waals surface area contributed by atoms with Crippen LogP contribution in [0.15, 0.2) is 0 Å². The second kappa shape index (κ2) is 7.27. The van der Waals surface area contributed by atoms with E-state index in [1.807, 2.05) is 13.8 Å². The monoisotopic (exact) mass is 282 g/mol. The third kappa shape index (κ3) is 3.95. The summed E-state index contributed by atoms with van der Waals surface area (Å²) in [7, 11) is 0. The van der Waals surface area contributed by atoms with Gasteiger partial charge in [-0.15, -0.1) is 6.42 Å². The van der Waals surface area contributed by atoms with Gasteiger partial charge < -0.3 is 15.2 Å². The maximum atomic E-state index is 12.1. The molecular formula is C14H22N2O4. The average molecular weight is 282 g/mol. The lowest BCUT2D eigenvalue weighted by Gasteiger charge is -2.34. The van der Waals surface area contributed by atoms with Crippen LogP contribution in [0.25, 0.3) is 0 Å². The van der Waals surface area contributed by atoms with Crippen molar-refractivity contribution in [2.45, 2.75) is 38.3 Å². The molecule has 0 saturated carbocycles. The number of aliphatic carboxylic acids is 1. The normalized spacial score (nSPS) is 20.1. The van der Waals surface area contributed by atoms with Crippen LogP contribution in [0.4, 0.5) is 0 Å². The minimum atomic E-state index is -0.980. The van der Waals surface area contributed by atoms with Gasteiger partial charge in [0.1, 0.15) is 11.6 Å². The Balaban J connectivity index is 2.65. The molecule has 0 radical (unpaired) electrons. The molecule has 0 aromatic heterocycles. The molecule has 20 heavy (non-hydrogen) atoms. The Morgan fingerprint density at radius 2 is 2.15 bits per heavy atom. The highest BCUT2D eigenvalue weighted by molar-refractivity contribution is 5.81. The van der Waals surface area contributed by atoms with Crippen molar-refractivity contribution in [3.63, 3.8) is 0 Å². The zero-order valence-corrected chi connectivity index (χ0v) is 12.0. The summed E-state index contributed by atoms with van der Waals surface area (Å²) in [6, 6.07) is -0.780. The van der Waals surface area contributed by atoms with Crippen LogP contribution < -0.4 is 5.32 Å². The molecule has 0 spiro atoms. The van der Waals surface area contributed by atoms with Crippen LogP contribution in [-0.4, -0.2) is 59.8 Å². The molecule has 0 aromatic rings. The molecule has 0 bridgehead atoms. The van der Waals surface area contributed by atoms with E-state index in [-0.39, 0.29) is 19.1 Å². The Kier molecular flexibility index (Phi) is 5.99. The van der Waals surface area contributed by atoms with Crippen LogP contribution in [0.1, 0.15) is 26.7 Å².